The molecule has 160 valence electrons. The van der Waals surface area contributed by atoms with Gasteiger partial charge in [0.15, 0.2) is 35.4 Å². The molecule has 0 amide bonds. The summed E-state index contributed by atoms with van der Waals surface area (Å²) in [6.07, 6.45) is 2.93. The molecule has 0 saturated carbocycles. The molecular formula is C22H23ClO7. The summed E-state index contributed by atoms with van der Waals surface area (Å²) in [6, 6.07) is 7.89. The summed E-state index contributed by atoms with van der Waals surface area (Å²) < 4.78 is 21.3. The van der Waals surface area contributed by atoms with Gasteiger partial charge in [-0.15, -0.1) is 0 Å². The number of carbonyl (C=O) groups excluding carboxylic acids is 1. The standard InChI is InChI=1S/C22H23ClO7/c1-13(2)30-22-16(23)9-14(10-20(22)28-4)5-7-17(24)15-6-8-18(19(11-15)27-3)29-12-21(25)26/h5-11,13H,12H2,1-4H3,(H,25,26)/b7-5+. The summed E-state index contributed by atoms with van der Waals surface area (Å²) in [6.45, 7) is 3.26. The Balaban J connectivity index is 2.23. The monoisotopic (exact) mass is 434 g/mol. The number of ketones is 1. The van der Waals surface area contributed by atoms with Gasteiger partial charge in [-0.05, 0) is 55.8 Å². The molecule has 2 aromatic rings. The van der Waals surface area contributed by atoms with Crippen LogP contribution in [-0.2, 0) is 4.79 Å². The predicted molar refractivity (Wildman–Crippen MR) is 113 cm³/mol. The third-order valence-electron chi connectivity index (χ3n) is 3.83. The van der Waals surface area contributed by atoms with Crippen LogP contribution in [0.3, 0.4) is 0 Å². The second-order valence-corrected chi connectivity index (χ2v) is 6.85. The lowest BCUT2D eigenvalue weighted by Crippen LogP contribution is -2.10. The molecular weight excluding hydrogens is 412 g/mol. The Morgan fingerprint density at radius 1 is 1.07 bits per heavy atom. The van der Waals surface area contributed by atoms with Crippen LogP contribution in [-0.4, -0.2) is 43.8 Å². The van der Waals surface area contributed by atoms with Crippen molar-refractivity contribution >= 4 is 29.4 Å². The van der Waals surface area contributed by atoms with E-state index in [9.17, 15) is 9.59 Å². The summed E-state index contributed by atoms with van der Waals surface area (Å²) in [5.74, 6) is 0.00652. The van der Waals surface area contributed by atoms with Crippen LogP contribution in [0.4, 0.5) is 0 Å². The maximum absolute atomic E-state index is 12.5. The average molecular weight is 435 g/mol. The van der Waals surface area contributed by atoms with E-state index in [1.54, 1.807) is 18.2 Å². The molecule has 0 saturated heterocycles. The Bertz CT molecular complexity index is 951. The van der Waals surface area contributed by atoms with Gasteiger partial charge in [0.1, 0.15) is 0 Å². The first-order chi connectivity index (χ1) is 14.2. The number of methoxy groups -OCH3 is 2. The molecule has 0 bridgehead atoms. The minimum Gasteiger partial charge on any atom is -0.493 e. The van der Waals surface area contributed by atoms with Crippen molar-refractivity contribution < 1.29 is 33.6 Å². The number of rotatable bonds is 10. The number of benzene rings is 2. The van der Waals surface area contributed by atoms with E-state index < -0.39 is 12.6 Å². The van der Waals surface area contributed by atoms with Crippen LogP contribution in [0.15, 0.2) is 36.4 Å². The maximum atomic E-state index is 12.5. The first kappa shape index (κ1) is 23.1. The van der Waals surface area contributed by atoms with E-state index in [2.05, 4.69) is 0 Å². The SMILES string of the molecule is COc1cc(C(=O)/C=C/c2cc(Cl)c(OC(C)C)c(OC)c2)ccc1OCC(=O)O. The summed E-state index contributed by atoms with van der Waals surface area (Å²) in [7, 11) is 2.92. The number of hydrogen-bond donors (Lipinski definition) is 1. The van der Waals surface area contributed by atoms with Crippen LogP contribution in [0.1, 0.15) is 29.8 Å². The molecule has 0 spiro atoms. The minimum absolute atomic E-state index is 0.0724. The lowest BCUT2D eigenvalue weighted by molar-refractivity contribution is -0.139. The van der Waals surface area contributed by atoms with Crippen LogP contribution in [0.25, 0.3) is 6.08 Å². The van der Waals surface area contributed by atoms with E-state index >= 15 is 0 Å². The second kappa shape index (κ2) is 10.5. The molecule has 0 heterocycles. The third-order valence-corrected chi connectivity index (χ3v) is 4.11. The first-order valence-corrected chi connectivity index (χ1v) is 9.42. The first-order valence-electron chi connectivity index (χ1n) is 9.04. The number of carbonyl (C=O) groups is 2. The van der Waals surface area contributed by atoms with Crippen molar-refractivity contribution in [1.82, 2.24) is 0 Å². The molecule has 0 aliphatic carbocycles. The van der Waals surface area contributed by atoms with Crippen molar-refractivity contribution in [2.75, 3.05) is 20.8 Å². The maximum Gasteiger partial charge on any atom is 0.341 e. The zero-order valence-corrected chi connectivity index (χ0v) is 17.9. The van der Waals surface area contributed by atoms with Crippen molar-refractivity contribution in [3.63, 3.8) is 0 Å². The summed E-state index contributed by atoms with van der Waals surface area (Å²) in [4.78, 5) is 23.2. The van der Waals surface area contributed by atoms with E-state index in [4.69, 9.17) is 35.7 Å². The van der Waals surface area contributed by atoms with Crippen molar-refractivity contribution in [2.24, 2.45) is 0 Å². The van der Waals surface area contributed by atoms with Crippen molar-refractivity contribution in [1.29, 1.82) is 0 Å². The van der Waals surface area contributed by atoms with E-state index in [-0.39, 0.29) is 23.4 Å². The molecule has 0 radical (unpaired) electrons. The molecule has 2 aromatic carbocycles. The van der Waals surface area contributed by atoms with Crippen LogP contribution in [0.5, 0.6) is 23.0 Å². The average Bonchev–Trinajstić information content (AvgIpc) is 2.71. The summed E-state index contributed by atoms with van der Waals surface area (Å²) >= 11 is 6.30. The zero-order chi connectivity index (χ0) is 22.3. The van der Waals surface area contributed by atoms with Crippen LogP contribution < -0.4 is 18.9 Å². The van der Waals surface area contributed by atoms with Crippen molar-refractivity contribution in [3.05, 3.63) is 52.6 Å². The molecule has 0 aliphatic heterocycles. The zero-order valence-electron chi connectivity index (χ0n) is 17.1. The molecule has 0 fully saturated rings. The van der Waals surface area contributed by atoms with E-state index in [0.29, 0.717) is 27.6 Å². The topological polar surface area (TPSA) is 91.3 Å². The number of carboxylic acids is 1. The second-order valence-electron chi connectivity index (χ2n) is 6.45. The highest BCUT2D eigenvalue weighted by atomic mass is 35.5. The highest BCUT2D eigenvalue weighted by Gasteiger charge is 2.14. The number of aliphatic carboxylic acids is 1. The van der Waals surface area contributed by atoms with Gasteiger partial charge in [0.05, 0.1) is 25.3 Å². The van der Waals surface area contributed by atoms with Crippen LogP contribution >= 0.6 is 11.6 Å². The van der Waals surface area contributed by atoms with E-state index in [0.717, 1.165) is 0 Å². The molecule has 7 nitrogen and oxygen atoms in total. The smallest absolute Gasteiger partial charge is 0.341 e. The van der Waals surface area contributed by atoms with Crippen molar-refractivity contribution in [3.8, 4) is 23.0 Å². The van der Waals surface area contributed by atoms with Gasteiger partial charge in [-0.2, -0.15) is 0 Å². The van der Waals surface area contributed by atoms with Gasteiger partial charge in [-0.1, -0.05) is 17.7 Å². The largest absolute Gasteiger partial charge is 0.493 e. The Labute approximate surface area is 179 Å². The summed E-state index contributed by atoms with van der Waals surface area (Å²) in [5, 5.41) is 9.09. The highest BCUT2D eigenvalue weighted by molar-refractivity contribution is 6.32. The van der Waals surface area contributed by atoms with Gasteiger partial charge in [0.2, 0.25) is 0 Å². The predicted octanol–water partition coefficient (Wildman–Crippen LogP) is 4.50. The molecule has 8 heteroatoms. The van der Waals surface area contributed by atoms with E-state index in [1.807, 2.05) is 13.8 Å². The third kappa shape index (κ3) is 6.15. The minimum atomic E-state index is -1.11. The quantitative estimate of drug-likeness (QED) is 0.434. The number of allylic oxidation sites excluding steroid dienone is 1. The van der Waals surface area contributed by atoms with Gasteiger partial charge in [-0.25, -0.2) is 4.79 Å². The normalized spacial score (nSPS) is 10.9. The van der Waals surface area contributed by atoms with Crippen LogP contribution in [0.2, 0.25) is 5.02 Å². The molecule has 0 atom stereocenters. The number of halogens is 1. The fourth-order valence-corrected chi connectivity index (χ4v) is 2.80. The molecule has 1 N–H and O–H groups in total. The Kier molecular flexibility index (Phi) is 8.12. The van der Waals surface area contributed by atoms with E-state index in [1.165, 1.54) is 38.5 Å². The van der Waals surface area contributed by atoms with Gasteiger partial charge >= 0.3 is 5.97 Å². The number of ether oxygens (including phenoxy) is 4. The van der Waals surface area contributed by atoms with Crippen LogP contribution in [0, 0.1) is 0 Å². The summed E-state index contributed by atoms with van der Waals surface area (Å²) in [5.41, 5.74) is 1.01. The van der Waals surface area contributed by atoms with Gasteiger partial charge in [-0.3, -0.25) is 4.79 Å². The molecule has 0 aromatic heterocycles. The number of hydrogen-bond acceptors (Lipinski definition) is 6. The number of carboxylic acid groups (broad SMARTS) is 1. The molecule has 0 aliphatic rings. The molecule has 0 unspecified atom stereocenters. The Morgan fingerprint density at radius 2 is 1.77 bits per heavy atom. The fourth-order valence-electron chi connectivity index (χ4n) is 2.53. The van der Waals surface area contributed by atoms with Gasteiger partial charge < -0.3 is 24.1 Å². The Morgan fingerprint density at radius 3 is 2.37 bits per heavy atom. The van der Waals surface area contributed by atoms with Gasteiger partial charge in [0, 0.05) is 5.56 Å². The van der Waals surface area contributed by atoms with Gasteiger partial charge in [0.25, 0.3) is 0 Å². The Hall–Kier alpha value is -3.19. The fraction of sp³-hybridized carbons (Fsp3) is 0.273. The lowest BCUT2D eigenvalue weighted by atomic mass is 10.1. The molecule has 2 rings (SSSR count). The lowest BCUT2D eigenvalue weighted by Gasteiger charge is -2.15. The molecule has 30 heavy (non-hydrogen) atoms. The highest BCUT2D eigenvalue weighted by Crippen LogP contribution is 2.37. The van der Waals surface area contributed by atoms with Crippen molar-refractivity contribution in [2.45, 2.75) is 20.0 Å².